The van der Waals surface area contributed by atoms with Crippen LogP contribution >= 0.6 is 22.9 Å². The highest BCUT2D eigenvalue weighted by molar-refractivity contribution is 7.94. The molecule has 186 valence electrons. The van der Waals surface area contributed by atoms with Crippen LogP contribution in [0, 0.1) is 19.8 Å². The van der Waals surface area contributed by atoms with Gasteiger partial charge in [-0.25, -0.2) is 9.78 Å². The van der Waals surface area contributed by atoms with Crippen molar-refractivity contribution in [3.8, 4) is 5.75 Å². The van der Waals surface area contributed by atoms with Gasteiger partial charge in [-0.05, 0) is 54.7 Å². The highest BCUT2D eigenvalue weighted by Gasteiger charge is 2.31. The predicted octanol–water partition coefficient (Wildman–Crippen LogP) is 5.94. The lowest BCUT2D eigenvalue weighted by Gasteiger charge is -2.27. The Bertz CT molecular complexity index is 1330. The standard InChI is InChI=1S/C25H27ClN2O5S2/c1-16(2)13-28(35(31,32)25-27-18(4)15-34-25)22-12-21(26)17(3)11-23(22)33-14-20-7-5-19(6-8-20)9-10-24(29)30/h5-12,15-16H,13-14H2,1-4H3,(H,29,30)/b10-9+. The number of aryl methyl sites for hydroxylation is 2. The summed E-state index contributed by atoms with van der Waals surface area (Å²) in [4.78, 5) is 14.9. The van der Waals surface area contributed by atoms with E-state index in [1.165, 1.54) is 10.4 Å². The van der Waals surface area contributed by atoms with E-state index in [9.17, 15) is 13.2 Å². The molecule has 0 atom stereocenters. The number of rotatable bonds is 10. The molecular weight excluding hydrogens is 508 g/mol. The van der Waals surface area contributed by atoms with Crippen LogP contribution in [0.15, 0.2) is 52.2 Å². The van der Waals surface area contributed by atoms with Crippen LogP contribution in [0.5, 0.6) is 5.75 Å². The fourth-order valence-corrected chi connectivity index (χ4v) is 6.13. The Hall–Kier alpha value is -2.88. The van der Waals surface area contributed by atoms with Gasteiger partial charge in [0.2, 0.25) is 4.34 Å². The molecule has 3 aromatic rings. The Balaban J connectivity index is 1.96. The minimum absolute atomic E-state index is 0.0169. The summed E-state index contributed by atoms with van der Waals surface area (Å²) in [5.74, 6) is -0.596. The first-order chi connectivity index (χ1) is 16.5. The highest BCUT2D eigenvalue weighted by atomic mass is 35.5. The maximum atomic E-state index is 13.6. The van der Waals surface area contributed by atoms with Gasteiger partial charge in [0.25, 0.3) is 10.0 Å². The average Bonchev–Trinajstić information content (AvgIpc) is 3.24. The number of nitrogens with zero attached hydrogens (tertiary/aromatic N) is 2. The topological polar surface area (TPSA) is 96.8 Å². The minimum Gasteiger partial charge on any atom is -0.487 e. The van der Waals surface area contributed by atoms with E-state index < -0.39 is 16.0 Å². The number of aliphatic carboxylic acids is 1. The van der Waals surface area contributed by atoms with Crippen molar-refractivity contribution in [1.29, 1.82) is 0 Å². The monoisotopic (exact) mass is 534 g/mol. The van der Waals surface area contributed by atoms with Gasteiger partial charge in [0, 0.05) is 28.7 Å². The van der Waals surface area contributed by atoms with Gasteiger partial charge in [0.15, 0.2) is 0 Å². The average molecular weight is 535 g/mol. The SMILES string of the molecule is Cc1csc(S(=O)(=O)N(CC(C)C)c2cc(Cl)c(C)cc2OCc2ccc(/C=C/C(=O)O)cc2)n1. The Morgan fingerprint density at radius 1 is 1.23 bits per heavy atom. The number of thiazole rings is 1. The molecule has 7 nitrogen and oxygen atoms in total. The quantitative estimate of drug-likeness (QED) is 0.323. The molecule has 0 aliphatic heterocycles. The molecule has 2 aromatic carbocycles. The summed E-state index contributed by atoms with van der Waals surface area (Å²) in [5.41, 5.74) is 3.32. The first-order valence-corrected chi connectivity index (χ1v) is 13.5. The molecule has 0 spiro atoms. The fraction of sp³-hybridized carbons (Fsp3) is 0.280. The number of ether oxygens (including phenoxy) is 1. The number of benzene rings is 2. The fourth-order valence-electron chi connectivity index (χ4n) is 3.21. The normalized spacial score (nSPS) is 11.8. The Morgan fingerprint density at radius 3 is 2.49 bits per heavy atom. The molecule has 0 aliphatic carbocycles. The molecule has 3 rings (SSSR count). The van der Waals surface area contributed by atoms with Crippen molar-refractivity contribution in [2.24, 2.45) is 5.92 Å². The van der Waals surface area contributed by atoms with Crippen LogP contribution in [0.25, 0.3) is 6.08 Å². The van der Waals surface area contributed by atoms with Crippen molar-refractivity contribution in [2.45, 2.75) is 38.6 Å². The third-order valence-corrected chi connectivity index (χ3v) is 8.48. The van der Waals surface area contributed by atoms with Gasteiger partial charge in [-0.15, -0.1) is 11.3 Å². The van der Waals surface area contributed by atoms with Crippen molar-refractivity contribution in [1.82, 2.24) is 4.98 Å². The van der Waals surface area contributed by atoms with Crippen molar-refractivity contribution in [3.05, 3.63) is 75.3 Å². The number of sulfonamides is 1. The second kappa shape index (κ2) is 11.2. The van der Waals surface area contributed by atoms with E-state index in [0.29, 0.717) is 22.2 Å². The lowest BCUT2D eigenvalue weighted by atomic mass is 10.1. The van der Waals surface area contributed by atoms with Gasteiger partial charge < -0.3 is 9.84 Å². The number of carbonyl (C=O) groups is 1. The first kappa shape index (κ1) is 26.7. The third kappa shape index (κ3) is 6.84. The molecule has 1 N–H and O–H groups in total. The molecule has 0 radical (unpaired) electrons. The van der Waals surface area contributed by atoms with E-state index in [-0.39, 0.29) is 23.4 Å². The van der Waals surface area contributed by atoms with Gasteiger partial charge in [0.05, 0.1) is 5.69 Å². The van der Waals surface area contributed by atoms with Gasteiger partial charge in [-0.3, -0.25) is 4.31 Å². The van der Waals surface area contributed by atoms with E-state index in [1.54, 1.807) is 36.6 Å². The molecule has 0 amide bonds. The second-order valence-corrected chi connectivity index (χ2v) is 11.8. The maximum absolute atomic E-state index is 13.6. The Labute approximate surface area is 214 Å². The van der Waals surface area contributed by atoms with Gasteiger partial charge in [0.1, 0.15) is 12.4 Å². The van der Waals surface area contributed by atoms with Crippen molar-refractivity contribution in [3.63, 3.8) is 0 Å². The van der Waals surface area contributed by atoms with E-state index in [4.69, 9.17) is 21.4 Å². The number of hydrogen-bond donors (Lipinski definition) is 1. The number of hydrogen-bond acceptors (Lipinski definition) is 6. The summed E-state index contributed by atoms with van der Waals surface area (Å²) < 4.78 is 34.6. The molecule has 0 bridgehead atoms. The Morgan fingerprint density at radius 2 is 1.91 bits per heavy atom. The van der Waals surface area contributed by atoms with Gasteiger partial charge in [-0.1, -0.05) is 49.7 Å². The number of carboxylic acids is 1. The summed E-state index contributed by atoms with van der Waals surface area (Å²) in [6, 6.07) is 10.6. The van der Waals surface area contributed by atoms with Gasteiger partial charge >= 0.3 is 5.97 Å². The molecule has 0 fully saturated rings. The second-order valence-electron chi connectivity index (χ2n) is 8.46. The molecular formula is C25H27ClN2O5S2. The zero-order valence-electron chi connectivity index (χ0n) is 19.9. The van der Waals surface area contributed by atoms with Crippen LogP contribution in [0.1, 0.15) is 36.2 Å². The Kier molecular flexibility index (Phi) is 8.58. The minimum atomic E-state index is -3.94. The van der Waals surface area contributed by atoms with Crippen LogP contribution in [0.2, 0.25) is 5.02 Å². The van der Waals surface area contributed by atoms with Crippen molar-refractivity contribution >= 4 is 50.7 Å². The number of aromatic nitrogens is 1. The third-order valence-electron chi connectivity index (χ3n) is 4.94. The van der Waals surface area contributed by atoms with Crippen LogP contribution in [-0.4, -0.2) is 31.0 Å². The molecule has 10 heteroatoms. The zero-order valence-corrected chi connectivity index (χ0v) is 22.2. The molecule has 0 saturated heterocycles. The molecule has 1 aromatic heterocycles. The molecule has 0 saturated carbocycles. The zero-order chi connectivity index (χ0) is 25.8. The van der Waals surface area contributed by atoms with Crippen molar-refractivity contribution in [2.75, 3.05) is 10.8 Å². The number of anilines is 1. The van der Waals surface area contributed by atoms with Gasteiger partial charge in [-0.2, -0.15) is 8.42 Å². The van der Waals surface area contributed by atoms with Crippen LogP contribution < -0.4 is 9.04 Å². The summed E-state index contributed by atoms with van der Waals surface area (Å²) in [6.45, 7) is 7.86. The van der Waals surface area contributed by atoms with Crippen LogP contribution in [-0.2, 0) is 21.4 Å². The largest absolute Gasteiger partial charge is 0.487 e. The molecule has 0 unspecified atom stereocenters. The lowest BCUT2D eigenvalue weighted by Crippen LogP contribution is -2.34. The lowest BCUT2D eigenvalue weighted by molar-refractivity contribution is -0.131. The number of halogens is 1. The van der Waals surface area contributed by atoms with E-state index in [1.807, 2.05) is 32.9 Å². The molecule has 1 heterocycles. The highest BCUT2D eigenvalue weighted by Crippen LogP contribution is 2.38. The predicted molar refractivity (Wildman–Crippen MR) is 140 cm³/mol. The van der Waals surface area contributed by atoms with Crippen molar-refractivity contribution < 1.29 is 23.1 Å². The smallest absolute Gasteiger partial charge is 0.328 e. The van der Waals surface area contributed by atoms with E-state index >= 15 is 0 Å². The van der Waals surface area contributed by atoms with E-state index in [0.717, 1.165) is 34.1 Å². The first-order valence-electron chi connectivity index (χ1n) is 10.8. The molecule has 35 heavy (non-hydrogen) atoms. The molecule has 0 aliphatic rings. The summed E-state index contributed by atoms with van der Waals surface area (Å²) in [6.07, 6.45) is 2.57. The number of carboxylic acid groups (broad SMARTS) is 1. The summed E-state index contributed by atoms with van der Waals surface area (Å²) in [7, 11) is -3.94. The summed E-state index contributed by atoms with van der Waals surface area (Å²) >= 11 is 7.50. The summed E-state index contributed by atoms with van der Waals surface area (Å²) in [5, 5.41) is 10.9. The van der Waals surface area contributed by atoms with Crippen LogP contribution in [0.3, 0.4) is 0 Å². The maximum Gasteiger partial charge on any atom is 0.328 e. The van der Waals surface area contributed by atoms with Crippen LogP contribution in [0.4, 0.5) is 5.69 Å². The van der Waals surface area contributed by atoms with E-state index in [2.05, 4.69) is 4.98 Å².